The van der Waals surface area contributed by atoms with Crippen molar-refractivity contribution in [3.05, 3.63) is 60.0 Å². The van der Waals surface area contributed by atoms with Crippen molar-refractivity contribution in [1.29, 1.82) is 0 Å². The van der Waals surface area contributed by atoms with Crippen molar-refractivity contribution in [2.75, 3.05) is 5.32 Å². The van der Waals surface area contributed by atoms with Gasteiger partial charge in [0.15, 0.2) is 0 Å². The van der Waals surface area contributed by atoms with Crippen molar-refractivity contribution in [2.24, 2.45) is 0 Å². The zero-order valence-corrected chi connectivity index (χ0v) is 14.8. The van der Waals surface area contributed by atoms with E-state index in [2.05, 4.69) is 32.1 Å². The molecule has 5 heteroatoms. The van der Waals surface area contributed by atoms with E-state index in [1.807, 2.05) is 42.7 Å². The second-order valence-electron chi connectivity index (χ2n) is 6.51. The Morgan fingerprint density at radius 1 is 0.960 bits per heavy atom. The van der Waals surface area contributed by atoms with Crippen molar-refractivity contribution in [1.82, 2.24) is 14.5 Å². The number of pyridine rings is 1. The second kappa shape index (κ2) is 7.28. The molecule has 0 unspecified atom stereocenters. The summed E-state index contributed by atoms with van der Waals surface area (Å²) in [6.45, 7) is 0. The van der Waals surface area contributed by atoms with Gasteiger partial charge < -0.3 is 9.88 Å². The number of rotatable bonds is 4. The van der Waals surface area contributed by atoms with Crippen LogP contribution in [0.5, 0.6) is 0 Å². The van der Waals surface area contributed by atoms with Gasteiger partial charge in [-0.1, -0.05) is 30.9 Å². The lowest BCUT2D eigenvalue weighted by Crippen LogP contribution is -2.13. The number of benzene rings is 1. The molecule has 0 bridgehead atoms. The molecule has 2 heterocycles. The normalized spacial score (nSPS) is 15.2. The van der Waals surface area contributed by atoms with Crippen LogP contribution in [0.2, 0.25) is 5.02 Å². The maximum atomic E-state index is 5.92. The van der Waals surface area contributed by atoms with Gasteiger partial charge in [0, 0.05) is 40.9 Å². The number of hydrogen-bond donors (Lipinski definition) is 1. The van der Waals surface area contributed by atoms with Crippen LogP contribution in [-0.4, -0.2) is 14.5 Å². The molecule has 3 aromatic rings. The van der Waals surface area contributed by atoms with E-state index >= 15 is 0 Å². The third kappa shape index (κ3) is 3.69. The highest BCUT2D eigenvalue weighted by Gasteiger charge is 2.18. The monoisotopic (exact) mass is 352 g/mol. The molecule has 128 valence electrons. The zero-order chi connectivity index (χ0) is 17.1. The molecule has 2 aromatic heterocycles. The van der Waals surface area contributed by atoms with Crippen LogP contribution >= 0.6 is 11.6 Å². The predicted octanol–water partition coefficient (Wildman–Crippen LogP) is 5.85. The Kier molecular flexibility index (Phi) is 4.70. The predicted molar refractivity (Wildman–Crippen MR) is 102 cm³/mol. The van der Waals surface area contributed by atoms with Crippen LogP contribution in [0.1, 0.15) is 38.1 Å². The lowest BCUT2D eigenvalue weighted by Gasteiger charge is -2.24. The minimum absolute atomic E-state index is 0.568. The second-order valence-corrected chi connectivity index (χ2v) is 6.95. The topological polar surface area (TPSA) is 42.7 Å². The molecule has 4 nitrogen and oxygen atoms in total. The Morgan fingerprint density at radius 3 is 2.48 bits per heavy atom. The highest BCUT2D eigenvalue weighted by Crippen LogP contribution is 2.31. The molecule has 4 rings (SSSR count). The number of nitrogens with one attached hydrogen (secondary N) is 1. The maximum Gasteiger partial charge on any atom is 0.141 e. The van der Waals surface area contributed by atoms with Crippen molar-refractivity contribution < 1.29 is 0 Å². The summed E-state index contributed by atoms with van der Waals surface area (Å²) < 4.78 is 2.32. The Labute approximate surface area is 152 Å². The molecule has 1 saturated carbocycles. The Balaban J connectivity index is 1.52. The molecule has 1 N–H and O–H groups in total. The van der Waals surface area contributed by atoms with Gasteiger partial charge in [0.25, 0.3) is 0 Å². The standard InChI is InChI=1S/C20H21ClN4/c21-16-7-9-17(10-8-16)24-19-11-6-15(14-23-19)20-22-12-13-25(20)18-4-2-1-3-5-18/h6-14,18H,1-5H2,(H,23,24). The van der Waals surface area contributed by atoms with Crippen molar-refractivity contribution in [3.8, 4) is 11.4 Å². The van der Waals surface area contributed by atoms with Crippen LogP contribution in [0, 0.1) is 0 Å². The minimum Gasteiger partial charge on any atom is -0.340 e. The smallest absolute Gasteiger partial charge is 0.141 e. The summed E-state index contributed by atoms with van der Waals surface area (Å²) in [5, 5.41) is 4.01. The Hall–Kier alpha value is -2.33. The van der Waals surface area contributed by atoms with Crippen LogP contribution in [0.15, 0.2) is 55.0 Å². The van der Waals surface area contributed by atoms with E-state index in [1.165, 1.54) is 32.1 Å². The first-order chi connectivity index (χ1) is 12.3. The van der Waals surface area contributed by atoms with E-state index < -0.39 is 0 Å². The molecule has 0 radical (unpaired) electrons. The lowest BCUT2D eigenvalue weighted by molar-refractivity contribution is 0.355. The Bertz CT molecular complexity index is 818. The maximum absolute atomic E-state index is 5.92. The first kappa shape index (κ1) is 16.2. The average Bonchev–Trinajstić information content (AvgIpc) is 3.15. The fourth-order valence-corrected chi connectivity index (χ4v) is 3.60. The van der Waals surface area contributed by atoms with Gasteiger partial charge in [0.05, 0.1) is 0 Å². The molecule has 0 amide bonds. The SMILES string of the molecule is Clc1ccc(Nc2ccc(-c3nccn3C3CCCCC3)cn2)cc1. The van der Waals surface area contributed by atoms with Crippen LogP contribution < -0.4 is 5.32 Å². The molecule has 0 spiro atoms. The quantitative estimate of drug-likeness (QED) is 0.640. The highest BCUT2D eigenvalue weighted by atomic mass is 35.5. The van der Waals surface area contributed by atoms with Crippen LogP contribution in [0.4, 0.5) is 11.5 Å². The van der Waals surface area contributed by atoms with E-state index in [1.54, 1.807) is 0 Å². The van der Waals surface area contributed by atoms with Gasteiger partial charge in [-0.25, -0.2) is 9.97 Å². The highest BCUT2D eigenvalue weighted by molar-refractivity contribution is 6.30. The van der Waals surface area contributed by atoms with E-state index in [-0.39, 0.29) is 0 Å². The molecule has 1 aromatic carbocycles. The molecule has 0 saturated heterocycles. The minimum atomic E-state index is 0.568. The van der Waals surface area contributed by atoms with E-state index in [4.69, 9.17) is 11.6 Å². The third-order valence-electron chi connectivity index (χ3n) is 4.78. The van der Waals surface area contributed by atoms with Gasteiger partial charge in [-0.2, -0.15) is 0 Å². The molecular formula is C20H21ClN4. The van der Waals surface area contributed by atoms with Crippen molar-refractivity contribution >= 4 is 23.1 Å². The van der Waals surface area contributed by atoms with Gasteiger partial charge in [-0.3, -0.25) is 0 Å². The largest absolute Gasteiger partial charge is 0.340 e. The molecule has 1 aliphatic rings. The first-order valence-electron chi connectivity index (χ1n) is 8.81. The summed E-state index contributed by atoms with van der Waals surface area (Å²) in [4.78, 5) is 9.11. The number of imidazole rings is 1. The van der Waals surface area contributed by atoms with Gasteiger partial charge in [0.2, 0.25) is 0 Å². The van der Waals surface area contributed by atoms with Gasteiger partial charge in [-0.15, -0.1) is 0 Å². The van der Waals surface area contributed by atoms with E-state index in [9.17, 15) is 0 Å². The van der Waals surface area contributed by atoms with Gasteiger partial charge >= 0.3 is 0 Å². The van der Waals surface area contributed by atoms with Gasteiger partial charge in [-0.05, 0) is 49.2 Å². The third-order valence-corrected chi connectivity index (χ3v) is 5.03. The molecular weight excluding hydrogens is 332 g/mol. The fraction of sp³-hybridized carbons (Fsp3) is 0.300. The molecule has 25 heavy (non-hydrogen) atoms. The van der Waals surface area contributed by atoms with Crippen LogP contribution in [0.3, 0.4) is 0 Å². The summed E-state index contributed by atoms with van der Waals surface area (Å²) in [6.07, 6.45) is 12.3. The fourth-order valence-electron chi connectivity index (χ4n) is 3.47. The Morgan fingerprint density at radius 2 is 1.76 bits per heavy atom. The average molecular weight is 353 g/mol. The van der Waals surface area contributed by atoms with Crippen molar-refractivity contribution in [2.45, 2.75) is 38.1 Å². The number of anilines is 2. The summed E-state index contributed by atoms with van der Waals surface area (Å²) >= 11 is 5.92. The van der Waals surface area contributed by atoms with E-state index in [0.29, 0.717) is 6.04 Å². The summed E-state index contributed by atoms with van der Waals surface area (Å²) in [5.41, 5.74) is 2.02. The first-order valence-corrected chi connectivity index (χ1v) is 9.19. The summed E-state index contributed by atoms with van der Waals surface area (Å²) in [7, 11) is 0. The molecule has 0 aliphatic heterocycles. The molecule has 1 fully saturated rings. The number of halogens is 1. The van der Waals surface area contributed by atoms with Crippen molar-refractivity contribution in [3.63, 3.8) is 0 Å². The number of hydrogen-bond acceptors (Lipinski definition) is 3. The van der Waals surface area contributed by atoms with Crippen LogP contribution in [0.25, 0.3) is 11.4 Å². The van der Waals surface area contributed by atoms with E-state index in [0.717, 1.165) is 27.9 Å². The summed E-state index contributed by atoms with van der Waals surface area (Å²) in [6, 6.07) is 12.2. The number of nitrogens with zero attached hydrogens (tertiary/aromatic N) is 3. The zero-order valence-electron chi connectivity index (χ0n) is 14.0. The van der Waals surface area contributed by atoms with Crippen LogP contribution in [-0.2, 0) is 0 Å². The molecule has 0 atom stereocenters. The van der Waals surface area contributed by atoms with Gasteiger partial charge in [0.1, 0.15) is 11.6 Å². The lowest BCUT2D eigenvalue weighted by atomic mass is 9.95. The number of aromatic nitrogens is 3. The summed E-state index contributed by atoms with van der Waals surface area (Å²) in [5.74, 6) is 1.82. The molecule has 1 aliphatic carbocycles.